The van der Waals surface area contributed by atoms with Gasteiger partial charge in [-0.25, -0.2) is 4.99 Å². The monoisotopic (exact) mass is 314 g/mol. The number of amides is 1. The zero-order chi connectivity index (χ0) is 16.3. The van der Waals surface area contributed by atoms with Gasteiger partial charge in [0.25, 0.3) is 5.91 Å². The summed E-state index contributed by atoms with van der Waals surface area (Å²) in [5, 5.41) is 9.19. The van der Waals surface area contributed by atoms with Gasteiger partial charge in [-0.15, -0.1) is 0 Å². The molecular formula is C17H22N4O2. The van der Waals surface area contributed by atoms with Gasteiger partial charge in [-0.1, -0.05) is 18.2 Å². The van der Waals surface area contributed by atoms with Crippen LogP contribution in [0, 0.1) is 0 Å². The smallest absolute Gasteiger partial charge is 0.251 e. The number of rotatable bonds is 7. The zero-order valence-corrected chi connectivity index (χ0v) is 13.2. The summed E-state index contributed by atoms with van der Waals surface area (Å²) in [5.74, 6) is 1.42. The fraction of sp³-hybridized carbons (Fsp3) is 0.294. The van der Waals surface area contributed by atoms with Gasteiger partial charge in [0.15, 0.2) is 5.96 Å². The van der Waals surface area contributed by atoms with Crippen molar-refractivity contribution in [1.29, 1.82) is 0 Å². The topological polar surface area (TPSA) is 78.7 Å². The SMILES string of the molecule is CCNC(=NCc1ccco1)NCCNC(=O)c1ccccc1. The van der Waals surface area contributed by atoms with Gasteiger partial charge in [-0.3, -0.25) is 4.79 Å². The van der Waals surface area contributed by atoms with E-state index in [9.17, 15) is 4.79 Å². The predicted octanol–water partition coefficient (Wildman–Crippen LogP) is 1.76. The number of hydrogen-bond acceptors (Lipinski definition) is 3. The van der Waals surface area contributed by atoms with Crippen LogP contribution in [-0.4, -0.2) is 31.5 Å². The first-order valence-corrected chi connectivity index (χ1v) is 7.67. The molecule has 6 heteroatoms. The molecule has 0 aliphatic rings. The third-order valence-electron chi connectivity index (χ3n) is 3.06. The Balaban J connectivity index is 1.73. The highest BCUT2D eigenvalue weighted by Crippen LogP contribution is 2.01. The van der Waals surface area contributed by atoms with Crippen molar-refractivity contribution < 1.29 is 9.21 Å². The van der Waals surface area contributed by atoms with E-state index in [1.54, 1.807) is 18.4 Å². The first-order chi connectivity index (χ1) is 11.3. The molecular weight excluding hydrogens is 292 g/mol. The molecule has 0 spiro atoms. The number of nitrogens with one attached hydrogen (secondary N) is 3. The van der Waals surface area contributed by atoms with Gasteiger partial charge in [0.2, 0.25) is 0 Å². The third-order valence-corrected chi connectivity index (χ3v) is 3.06. The van der Waals surface area contributed by atoms with E-state index in [0.29, 0.717) is 31.2 Å². The van der Waals surface area contributed by atoms with E-state index < -0.39 is 0 Å². The number of aliphatic imine (C=N–C) groups is 1. The summed E-state index contributed by atoms with van der Waals surface area (Å²) in [5.41, 5.74) is 0.658. The zero-order valence-electron chi connectivity index (χ0n) is 13.2. The number of hydrogen-bond donors (Lipinski definition) is 3. The highest BCUT2D eigenvalue weighted by Gasteiger charge is 2.03. The number of carbonyl (C=O) groups is 1. The van der Waals surface area contributed by atoms with Crippen molar-refractivity contribution in [3.63, 3.8) is 0 Å². The van der Waals surface area contributed by atoms with Gasteiger partial charge < -0.3 is 20.4 Å². The summed E-state index contributed by atoms with van der Waals surface area (Å²) in [6.45, 7) is 4.34. The molecule has 23 heavy (non-hydrogen) atoms. The average Bonchev–Trinajstić information content (AvgIpc) is 3.10. The molecule has 3 N–H and O–H groups in total. The normalized spacial score (nSPS) is 11.1. The maximum absolute atomic E-state index is 11.9. The second-order valence-electron chi connectivity index (χ2n) is 4.82. The minimum atomic E-state index is -0.0788. The maximum Gasteiger partial charge on any atom is 0.251 e. The summed E-state index contributed by atoms with van der Waals surface area (Å²) in [7, 11) is 0. The summed E-state index contributed by atoms with van der Waals surface area (Å²) < 4.78 is 5.25. The molecule has 122 valence electrons. The lowest BCUT2D eigenvalue weighted by Crippen LogP contribution is -2.41. The molecule has 0 saturated carbocycles. The molecule has 0 bridgehead atoms. The van der Waals surface area contributed by atoms with Crippen LogP contribution >= 0.6 is 0 Å². The van der Waals surface area contributed by atoms with Crippen molar-refractivity contribution in [3.8, 4) is 0 Å². The number of guanidine groups is 1. The van der Waals surface area contributed by atoms with Gasteiger partial charge in [-0.05, 0) is 31.2 Å². The Morgan fingerprint density at radius 2 is 1.83 bits per heavy atom. The van der Waals surface area contributed by atoms with E-state index in [4.69, 9.17) is 4.42 Å². The van der Waals surface area contributed by atoms with Crippen molar-refractivity contribution in [2.75, 3.05) is 19.6 Å². The van der Waals surface area contributed by atoms with Crippen LogP contribution in [0.15, 0.2) is 58.1 Å². The average molecular weight is 314 g/mol. The molecule has 2 aromatic rings. The Bertz CT molecular complexity index is 609. The van der Waals surface area contributed by atoms with Crippen molar-refractivity contribution in [3.05, 3.63) is 60.1 Å². The van der Waals surface area contributed by atoms with Crippen LogP contribution in [0.1, 0.15) is 23.0 Å². The first-order valence-electron chi connectivity index (χ1n) is 7.67. The Morgan fingerprint density at radius 3 is 2.52 bits per heavy atom. The number of nitrogens with zero attached hydrogens (tertiary/aromatic N) is 1. The minimum absolute atomic E-state index is 0.0788. The molecule has 1 aromatic heterocycles. The molecule has 1 heterocycles. The largest absolute Gasteiger partial charge is 0.467 e. The Kier molecular flexibility index (Phi) is 6.71. The summed E-state index contributed by atoms with van der Waals surface area (Å²) >= 11 is 0. The highest BCUT2D eigenvalue weighted by molar-refractivity contribution is 5.94. The fourth-order valence-electron chi connectivity index (χ4n) is 1.95. The molecule has 2 rings (SSSR count). The van der Waals surface area contributed by atoms with Crippen LogP contribution in [0.5, 0.6) is 0 Å². The molecule has 0 radical (unpaired) electrons. The number of carbonyl (C=O) groups excluding carboxylic acids is 1. The van der Waals surface area contributed by atoms with Crippen LogP contribution in [0.2, 0.25) is 0 Å². The summed E-state index contributed by atoms with van der Waals surface area (Å²) in [4.78, 5) is 16.3. The van der Waals surface area contributed by atoms with Crippen LogP contribution in [0.4, 0.5) is 0 Å². The van der Waals surface area contributed by atoms with Crippen LogP contribution in [-0.2, 0) is 6.54 Å². The minimum Gasteiger partial charge on any atom is -0.467 e. The number of benzene rings is 1. The van der Waals surface area contributed by atoms with Crippen molar-refractivity contribution >= 4 is 11.9 Å². The molecule has 0 fully saturated rings. The van der Waals surface area contributed by atoms with Gasteiger partial charge in [0.1, 0.15) is 12.3 Å². The van der Waals surface area contributed by atoms with E-state index in [0.717, 1.165) is 12.3 Å². The molecule has 0 aliphatic heterocycles. The molecule has 0 unspecified atom stereocenters. The van der Waals surface area contributed by atoms with E-state index in [1.807, 2.05) is 37.3 Å². The standard InChI is InChI=1S/C17H22N4O2/c1-2-18-17(21-13-15-9-6-12-23-15)20-11-10-19-16(22)14-7-4-3-5-8-14/h3-9,12H,2,10-11,13H2,1H3,(H,19,22)(H2,18,20,21). The van der Waals surface area contributed by atoms with Crippen molar-refractivity contribution in [2.24, 2.45) is 4.99 Å². The van der Waals surface area contributed by atoms with E-state index in [1.165, 1.54) is 0 Å². The Labute approximate surface area is 136 Å². The number of furan rings is 1. The van der Waals surface area contributed by atoms with E-state index in [-0.39, 0.29) is 5.91 Å². The lowest BCUT2D eigenvalue weighted by atomic mass is 10.2. The third kappa shape index (κ3) is 5.86. The van der Waals surface area contributed by atoms with Gasteiger partial charge in [-0.2, -0.15) is 0 Å². The molecule has 0 saturated heterocycles. The van der Waals surface area contributed by atoms with Crippen molar-refractivity contribution in [1.82, 2.24) is 16.0 Å². The lowest BCUT2D eigenvalue weighted by Gasteiger charge is -2.11. The Hall–Kier alpha value is -2.76. The molecule has 0 aliphatic carbocycles. The predicted molar refractivity (Wildman–Crippen MR) is 90.3 cm³/mol. The van der Waals surface area contributed by atoms with Crippen LogP contribution in [0.3, 0.4) is 0 Å². The molecule has 6 nitrogen and oxygen atoms in total. The van der Waals surface area contributed by atoms with E-state index >= 15 is 0 Å². The van der Waals surface area contributed by atoms with E-state index in [2.05, 4.69) is 20.9 Å². The van der Waals surface area contributed by atoms with Gasteiger partial charge >= 0.3 is 0 Å². The second-order valence-corrected chi connectivity index (χ2v) is 4.82. The summed E-state index contributed by atoms with van der Waals surface area (Å²) in [6.07, 6.45) is 1.63. The molecule has 0 atom stereocenters. The quantitative estimate of drug-likeness (QED) is 0.413. The summed E-state index contributed by atoms with van der Waals surface area (Å²) in [6, 6.07) is 12.9. The first kappa shape index (κ1) is 16.6. The van der Waals surface area contributed by atoms with Crippen LogP contribution < -0.4 is 16.0 Å². The van der Waals surface area contributed by atoms with Gasteiger partial charge in [0.05, 0.1) is 6.26 Å². The maximum atomic E-state index is 11.9. The lowest BCUT2D eigenvalue weighted by molar-refractivity contribution is 0.0954. The Morgan fingerprint density at radius 1 is 1.04 bits per heavy atom. The second kappa shape index (κ2) is 9.30. The highest BCUT2D eigenvalue weighted by atomic mass is 16.3. The van der Waals surface area contributed by atoms with Crippen LogP contribution in [0.25, 0.3) is 0 Å². The molecule has 1 amide bonds. The van der Waals surface area contributed by atoms with Gasteiger partial charge in [0, 0.05) is 25.2 Å². The fourth-order valence-corrected chi connectivity index (χ4v) is 1.95. The van der Waals surface area contributed by atoms with Crippen molar-refractivity contribution in [2.45, 2.75) is 13.5 Å². The molecule has 1 aromatic carbocycles.